The summed E-state index contributed by atoms with van der Waals surface area (Å²) in [6.07, 6.45) is 0. The van der Waals surface area contributed by atoms with Gasteiger partial charge in [-0.25, -0.2) is 19.9 Å². The summed E-state index contributed by atoms with van der Waals surface area (Å²) in [5, 5.41) is 10.1. The molecule has 21 rings (SSSR count). The van der Waals surface area contributed by atoms with Gasteiger partial charge in [-0.3, -0.25) is 0 Å². The number of aromatic nitrogens is 6. The fourth-order valence-corrected chi connectivity index (χ4v) is 18.1. The Morgan fingerprint density at radius 2 is 0.636 bits per heavy atom. The number of rotatable bonds is 10. The van der Waals surface area contributed by atoms with Crippen LogP contribution in [0.25, 0.3) is 174 Å². The first kappa shape index (κ1) is 68.3. The van der Waals surface area contributed by atoms with Crippen LogP contribution in [0.4, 0.5) is 0 Å². The van der Waals surface area contributed by atoms with Crippen LogP contribution in [-0.2, 0) is 9.31 Å². The Balaban J connectivity index is 0.000000123. The van der Waals surface area contributed by atoms with E-state index in [9.17, 15) is 0 Å². The van der Waals surface area contributed by atoms with Crippen molar-refractivity contribution in [3.8, 4) is 90.3 Å². The molecule has 0 aliphatic carbocycles. The normalized spacial score (nSPS) is 13.2. The van der Waals surface area contributed by atoms with E-state index in [4.69, 9.17) is 29.2 Å². The van der Waals surface area contributed by atoms with Crippen molar-refractivity contribution in [2.75, 3.05) is 0 Å². The minimum absolute atomic E-state index is 0. The third-order valence-electron chi connectivity index (χ3n) is 21.4. The summed E-state index contributed by atoms with van der Waals surface area (Å²) < 4.78 is 24.1. The van der Waals surface area contributed by atoms with Gasteiger partial charge in [0, 0.05) is 124 Å². The van der Waals surface area contributed by atoms with Gasteiger partial charge >= 0.3 is 7.12 Å². The van der Waals surface area contributed by atoms with Gasteiger partial charge in [-0.1, -0.05) is 277 Å². The number of hydrogen-bond donors (Lipinski definition) is 0. The molecular weight excluding hydrogens is 1450 g/mol. The predicted octanol–water partition coefficient (Wildman–Crippen LogP) is 26.5. The summed E-state index contributed by atoms with van der Waals surface area (Å²) >= 11 is 7.22. The van der Waals surface area contributed by atoms with Gasteiger partial charge in [-0.15, -0.1) is 22.7 Å². The van der Waals surface area contributed by atoms with Gasteiger partial charge in [-0.05, 0) is 124 Å². The number of halogens is 1. The Kier molecular flexibility index (Phi) is 17.6. The van der Waals surface area contributed by atoms with E-state index in [1.807, 2.05) is 114 Å². The fourth-order valence-electron chi connectivity index (χ4n) is 15.3. The molecule has 0 radical (unpaired) electrons. The van der Waals surface area contributed by atoms with Crippen molar-refractivity contribution in [1.29, 1.82) is 0 Å². The number of thiophene rings is 2. The van der Waals surface area contributed by atoms with Gasteiger partial charge in [-0.2, -0.15) is 0 Å². The van der Waals surface area contributed by atoms with E-state index < -0.39 is 18.3 Å². The zero-order valence-electron chi connectivity index (χ0n) is 60.8. The third-order valence-corrected chi connectivity index (χ3v) is 24.3. The number of para-hydroxylation sites is 4. The van der Waals surface area contributed by atoms with E-state index in [0.717, 1.165) is 88.9 Å². The smallest absolute Gasteiger partial charge is 0.399 e. The Labute approximate surface area is 655 Å². The molecule has 0 amide bonds. The molecular formula is C98H72BBrN6O2S2. The molecule has 8 nitrogen and oxygen atoms in total. The molecule has 6 aromatic heterocycles. The molecule has 1 saturated heterocycles. The second kappa shape index (κ2) is 28.4. The summed E-state index contributed by atoms with van der Waals surface area (Å²) in [5.41, 5.74) is 19.6. The van der Waals surface area contributed by atoms with Gasteiger partial charge in [0.15, 0.2) is 11.6 Å². The lowest BCUT2D eigenvalue weighted by atomic mass is 9.78. The highest BCUT2D eigenvalue weighted by Crippen LogP contribution is 2.46. The lowest BCUT2D eigenvalue weighted by Crippen LogP contribution is -2.41. The molecule has 0 saturated carbocycles. The summed E-state index contributed by atoms with van der Waals surface area (Å²) in [4.78, 5) is 19.8. The van der Waals surface area contributed by atoms with Crippen LogP contribution in [0.5, 0.6) is 0 Å². The molecule has 20 aromatic rings. The first-order chi connectivity index (χ1) is 53.9. The molecule has 0 unspecified atom stereocenters. The second-order valence-corrected chi connectivity index (χ2v) is 31.8. The lowest BCUT2D eigenvalue weighted by molar-refractivity contribution is 0.00578. The largest absolute Gasteiger partial charge is 0.496 e. The molecule has 14 aromatic carbocycles. The molecule has 1 fully saturated rings. The molecule has 0 atom stereocenters. The highest BCUT2D eigenvalue weighted by molar-refractivity contribution is 9.10. The number of nitrogens with zero attached hydrogens (tertiary/aromatic N) is 6. The van der Waals surface area contributed by atoms with E-state index in [1.54, 1.807) is 0 Å². The van der Waals surface area contributed by atoms with Gasteiger partial charge in [0.25, 0.3) is 0 Å². The average Bonchev–Trinajstić information content (AvgIpc) is 1.58. The molecule has 0 spiro atoms. The highest BCUT2D eigenvalue weighted by atomic mass is 79.9. The van der Waals surface area contributed by atoms with Crippen LogP contribution in [-0.4, -0.2) is 47.4 Å². The number of fused-ring (bicyclic) bond motifs is 12. The standard InChI is InChI=1S/C46H29N3S.C30H26BNO2S.C22H15BrN2.H2/c1-3-14-30(15-4-1)40-29-41(48-46(47-40)31-16-5-2-6-17-31)33-19-13-18-32(26-33)38-27-34(28-39-37-22-9-12-25-44(37)50-45(38)39)49-42-23-10-7-20-35(42)36-21-8-11-24-43(36)49;1-29(2)30(3,4)34-31(33-29)24-18-19(17-23-22-13-7-10-16-27(22)35-28(23)24)32-25-14-8-5-11-20(25)21-12-6-9-15-26(21)32;23-19-13-7-12-18(14-19)21-15-20(16-8-3-1-4-9-16)24-22(25-21)17-10-5-2-6-11-17;/h1-29H;5-18H,1-4H3;1-15H;1H/i;;;1+1. The maximum absolute atomic E-state index is 6.58. The molecule has 1 aliphatic heterocycles. The average molecular weight is 1520 g/mol. The van der Waals surface area contributed by atoms with E-state index in [-0.39, 0.29) is 1.43 Å². The zero-order valence-corrected chi connectivity index (χ0v) is 64.0. The van der Waals surface area contributed by atoms with Gasteiger partial charge in [0.05, 0.1) is 56.0 Å². The minimum Gasteiger partial charge on any atom is -0.399 e. The van der Waals surface area contributed by atoms with Crippen LogP contribution >= 0.6 is 38.6 Å². The van der Waals surface area contributed by atoms with Crippen molar-refractivity contribution in [2.45, 2.75) is 38.9 Å². The van der Waals surface area contributed by atoms with E-state index in [0.29, 0.717) is 5.82 Å². The quantitative estimate of drug-likeness (QED) is 0.127. The lowest BCUT2D eigenvalue weighted by Gasteiger charge is -2.32. The number of hydrogen-bond acceptors (Lipinski definition) is 8. The van der Waals surface area contributed by atoms with Crippen LogP contribution in [0.1, 0.15) is 29.1 Å². The summed E-state index contributed by atoms with van der Waals surface area (Å²) in [6, 6.07) is 124. The maximum Gasteiger partial charge on any atom is 0.496 e. The molecule has 110 heavy (non-hydrogen) atoms. The van der Waals surface area contributed by atoms with Crippen molar-refractivity contribution in [1.82, 2.24) is 29.1 Å². The van der Waals surface area contributed by atoms with Crippen LogP contribution in [0.15, 0.2) is 356 Å². The summed E-state index contributed by atoms with van der Waals surface area (Å²) in [6.45, 7) is 8.47. The fraction of sp³-hybridized carbons (Fsp3) is 0.0612. The van der Waals surface area contributed by atoms with Gasteiger partial charge in [0.2, 0.25) is 0 Å². The van der Waals surface area contributed by atoms with Crippen molar-refractivity contribution in [2.24, 2.45) is 0 Å². The summed E-state index contributed by atoms with van der Waals surface area (Å²) in [5.74, 6) is 1.45. The minimum atomic E-state index is -0.427. The molecule has 12 heteroatoms. The Morgan fingerprint density at radius 1 is 0.300 bits per heavy atom. The van der Waals surface area contributed by atoms with E-state index in [2.05, 4.69) is 314 Å². The summed E-state index contributed by atoms with van der Waals surface area (Å²) in [7, 11) is -0.427. The Morgan fingerprint density at radius 3 is 1.08 bits per heavy atom. The molecule has 0 N–H and O–H groups in total. The van der Waals surface area contributed by atoms with Crippen molar-refractivity contribution >= 4 is 135 Å². The predicted molar refractivity (Wildman–Crippen MR) is 469 cm³/mol. The van der Waals surface area contributed by atoms with Crippen LogP contribution in [0.2, 0.25) is 0 Å². The van der Waals surface area contributed by atoms with Crippen LogP contribution in [0, 0.1) is 0 Å². The van der Waals surface area contributed by atoms with Crippen LogP contribution < -0.4 is 5.46 Å². The SMILES string of the molecule is Brc1cccc(-c2cc(-c3ccccc3)nc(-c3ccccc3)n2)c1.CC1(C)OB(c2cc(-n3c4ccccc4c4ccccc43)cc3c2sc2ccccc23)OC1(C)C.[2HH].c1ccc(-c2cc(-c3cccc(-c4cc(-n5c6ccccc6c6ccccc65)cc5c4sc4ccccc45)c3)nc(-c3ccccc3)n2)cc1. The second-order valence-electron chi connectivity index (χ2n) is 28.8. The van der Waals surface area contributed by atoms with Crippen LogP contribution in [0.3, 0.4) is 0 Å². The highest BCUT2D eigenvalue weighted by Gasteiger charge is 2.52. The molecule has 1 aliphatic rings. The van der Waals surface area contributed by atoms with Crippen molar-refractivity contribution in [3.05, 3.63) is 356 Å². The molecule has 528 valence electrons. The maximum atomic E-state index is 6.58. The first-order valence-corrected chi connectivity index (χ1v) is 39.4. The van der Waals surface area contributed by atoms with Crippen molar-refractivity contribution < 1.29 is 10.7 Å². The topological polar surface area (TPSA) is 79.9 Å². The van der Waals surface area contributed by atoms with E-state index in [1.165, 1.54) is 89.5 Å². The van der Waals surface area contributed by atoms with Crippen molar-refractivity contribution in [3.63, 3.8) is 0 Å². The Hall–Kier alpha value is -12.3. The van der Waals surface area contributed by atoms with Gasteiger partial charge < -0.3 is 18.4 Å². The Bertz CT molecular complexity index is 6670. The van der Waals surface area contributed by atoms with E-state index >= 15 is 0 Å². The first-order valence-electron chi connectivity index (χ1n) is 37.0. The third kappa shape index (κ3) is 12.6. The zero-order chi connectivity index (χ0) is 74.0. The molecule has 0 bridgehead atoms. The number of benzene rings is 14. The molecule has 7 heterocycles. The monoisotopic (exact) mass is 1520 g/mol. The van der Waals surface area contributed by atoms with Gasteiger partial charge in [0.1, 0.15) is 0 Å².